The normalized spacial score (nSPS) is 15.8. The third kappa shape index (κ3) is 3.48. The fourth-order valence-electron chi connectivity index (χ4n) is 3.34. The molecule has 1 saturated heterocycles. The van der Waals surface area contributed by atoms with Gasteiger partial charge in [-0.25, -0.2) is 14.6 Å². The summed E-state index contributed by atoms with van der Waals surface area (Å²) in [7, 11) is 1.57. The van der Waals surface area contributed by atoms with Crippen molar-refractivity contribution in [1.82, 2.24) is 29.6 Å². The minimum Gasteiger partial charge on any atom is -0.495 e. The Balaban J connectivity index is 1.74. The van der Waals surface area contributed by atoms with E-state index in [1.54, 1.807) is 35.2 Å². The number of carbonyl (C=O) groups excluding carboxylic acids is 1. The van der Waals surface area contributed by atoms with Gasteiger partial charge in [0.25, 0.3) is 0 Å². The van der Waals surface area contributed by atoms with E-state index in [1.807, 2.05) is 0 Å². The Labute approximate surface area is 167 Å². The van der Waals surface area contributed by atoms with Crippen LogP contribution in [0.25, 0.3) is 11.0 Å². The number of hydrogen-bond donors (Lipinski definition) is 1. The van der Waals surface area contributed by atoms with Crippen molar-refractivity contribution in [1.29, 1.82) is 0 Å². The lowest BCUT2D eigenvalue weighted by atomic mass is 10.2. The zero-order chi connectivity index (χ0) is 20.4. The lowest BCUT2D eigenvalue weighted by Gasteiger charge is -2.14. The number of pyridine rings is 1. The summed E-state index contributed by atoms with van der Waals surface area (Å²) in [5.41, 5.74) is 7.87. The van der Waals surface area contributed by atoms with Crippen molar-refractivity contribution in [3.05, 3.63) is 48.7 Å². The molecular formula is C20H19N7O2. The number of nitrogens with two attached hydrogens (primary N) is 1. The maximum atomic E-state index is 11.9. The summed E-state index contributed by atoms with van der Waals surface area (Å²) >= 11 is 0. The Kier molecular flexibility index (Phi) is 4.83. The van der Waals surface area contributed by atoms with E-state index in [2.05, 4.69) is 38.5 Å². The van der Waals surface area contributed by atoms with E-state index >= 15 is 0 Å². The number of carbonyl (C=O) groups is 1. The first kappa shape index (κ1) is 18.4. The molecule has 0 aliphatic carbocycles. The molecule has 0 aromatic carbocycles. The van der Waals surface area contributed by atoms with Crippen molar-refractivity contribution >= 4 is 22.8 Å². The summed E-state index contributed by atoms with van der Waals surface area (Å²) in [6.07, 6.45) is 6.73. The van der Waals surface area contributed by atoms with Gasteiger partial charge in [0, 0.05) is 24.8 Å². The zero-order valence-corrected chi connectivity index (χ0v) is 15.9. The van der Waals surface area contributed by atoms with Crippen molar-refractivity contribution in [2.24, 2.45) is 0 Å². The Morgan fingerprint density at radius 3 is 3.03 bits per heavy atom. The van der Waals surface area contributed by atoms with Gasteiger partial charge in [0.2, 0.25) is 5.91 Å². The van der Waals surface area contributed by atoms with Gasteiger partial charge < -0.3 is 15.4 Å². The first-order valence-electron chi connectivity index (χ1n) is 9.01. The molecule has 29 heavy (non-hydrogen) atoms. The second kappa shape index (κ2) is 7.59. The van der Waals surface area contributed by atoms with Crippen LogP contribution in [0.4, 0.5) is 5.82 Å². The summed E-state index contributed by atoms with van der Waals surface area (Å²) < 4.78 is 6.97. The van der Waals surface area contributed by atoms with Crippen LogP contribution in [-0.4, -0.2) is 55.7 Å². The van der Waals surface area contributed by atoms with Crippen LogP contribution in [0.5, 0.6) is 5.75 Å². The number of aromatic nitrogens is 5. The van der Waals surface area contributed by atoms with Gasteiger partial charge in [-0.15, -0.1) is 0 Å². The van der Waals surface area contributed by atoms with Gasteiger partial charge in [0.1, 0.15) is 23.6 Å². The van der Waals surface area contributed by atoms with Gasteiger partial charge in [-0.2, -0.15) is 5.10 Å². The number of likely N-dealkylation sites (tertiary alicyclic amines) is 1. The molecule has 0 saturated carbocycles. The number of anilines is 1. The molecule has 0 bridgehead atoms. The van der Waals surface area contributed by atoms with Crippen molar-refractivity contribution < 1.29 is 9.53 Å². The third-order valence-electron chi connectivity index (χ3n) is 4.79. The molecule has 3 aromatic heterocycles. The van der Waals surface area contributed by atoms with E-state index in [1.165, 1.54) is 12.4 Å². The smallest absolute Gasteiger partial charge is 0.246 e. The highest BCUT2D eigenvalue weighted by Crippen LogP contribution is 2.28. The molecule has 0 spiro atoms. The summed E-state index contributed by atoms with van der Waals surface area (Å²) in [6.45, 7) is 4.71. The molecule has 1 unspecified atom stereocenters. The summed E-state index contributed by atoms with van der Waals surface area (Å²) in [5.74, 6) is 6.92. The van der Waals surface area contributed by atoms with E-state index in [0.29, 0.717) is 46.9 Å². The maximum Gasteiger partial charge on any atom is 0.246 e. The van der Waals surface area contributed by atoms with E-state index < -0.39 is 0 Å². The van der Waals surface area contributed by atoms with E-state index in [9.17, 15) is 4.79 Å². The Bertz CT molecular complexity index is 1160. The molecule has 1 aliphatic heterocycles. The molecule has 1 aliphatic rings. The SMILES string of the molecule is C=CC(=O)N1CCC(n2nc(C#Cc3cncc(OC)c3)c3c(N)ncnc32)C1. The van der Waals surface area contributed by atoms with Crippen molar-refractivity contribution in [2.45, 2.75) is 12.5 Å². The van der Waals surface area contributed by atoms with Crippen molar-refractivity contribution in [3.8, 4) is 17.6 Å². The molecule has 146 valence electrons. The van der Waals surface area contributed by atoms with Crippen LogP contribution in [-0.2, 0) is 4.79 Å². The molecule has 9 heteroatoms. The zero-order valence-electron chi connectivity index (χ0n) is 15.9. The number of nitrogen functional groups attached to an aromatic ring is 1. The molecule has 1 amide bonds. The molecule has 1 fully saturated rings. The van der Waals surface area contributed by atoms with Crippen molar-refractivity contribution in [3.63, 3.8) is 0 Å². The summed E-state index contributed by atoms with van der Waals surface area (Å²) in [5, 5.41) is 5.26. The lowest BCUT2D eigenvalue weighted by Crippen LogP contribution is -2.27. The van der Waals surface area contributed by atoms with Crippen LogP contribution in [0.2, 0.25) is 0 Å². The van der Waals surface area contributed by atoms with Gasteiger partial charge in [0.15, 0.2) is 5.65 Å². The van der Waals surface area contributed by atoms with E-state index in [-0.39, 0.29) is 11.9 Å². The highest BCUT2D eigenvalue weighted by molar-refractivity contribution is 5.91. The molecule has 4 rings (SSSR count). The third-order valence-corrected chi connectivity index (χ3v) is 4.79. The topological polar surface area (TPSA) is 112 Å². The van der Waals surface area contributed by atoms with Crippen LogP contribution in [0.15, 0.2) is 37.4 Å². The molecule has 4 heterocycles. The monoisotopic (exact) mass is 389 g/mol. The molecule has 3 aromatic rings. The fourth-order valence-corrected chi connectivity index (χ4v) is 3.34. The predicted molar refractivity (Wildman–Crippen MR) is 107 cm³/mol. The minimum atomic E-state index is -0.0939. The molecule has 0 radical (unpaired) electrons. The highest BCUT2D eigenvalue weighted by Gasteiger charge is 2.29. The van der Waals surface area contributed by atoms with Gasteiger partial charge in [-0.3, -0.25) is 9.78 Å². The average Bonchev–Trinajstić information content (AvgIpc) is 3.37. The van der Waals surface area contributed by atoms with Crippen LogP contribution in [0.1, 0.15) is 23.7 Å². The number of ether oxygens (including phenoxy) is 1. The number of methoxy groups -OCH3 is 1. The predicted octanol–water partition coefficient (Wildman–Crippen LogP) is 1.17. The van der Waals surface area contributed by atoms with Crippen LogP contribution < -0.4 is 10.5 Å². The second-order valence-corrected chi connectivity index (χ2v) is 6.55. The second-order valence-electron chi connectivity index (χ2n) is 6.55. The molecule has 2 N–H and O–H groups in total. The van der Waals surface area contributed by atoms with Crippen molar-refractivity contribution in [2.75, 3.05) is 25.9 Å². The van der Waals surface area contributed by atoms with Gasteiger partial charge >= 0.3 is 0 Å². The summed E-state index contributed by atoms with van der Waals surface area (Å²) in [4.78, 5) is 26.2. The standard InChI is InChI=1S/C20H19N7O2/c1-3-17(28)26-7-6-14(11-26)27-20-18(19(21)23-12-24-20)16(25-27)5-4-13-8-15(29-2)10-22-9-13/h3,8-10,12,14H,1,6-7,11H2,2H3,(H2,21,23,24). The quantitative estimate of drug-likeness (QED) is 0.528. The molecule has 1 atom stereocenters. The number of hydrogen-bond acceptors (Lipinski definition) is 7. The highest BCUT2D eigenvalue weighted by atomic mass is 16.5. The van der Waals surface area contributed by atoms with E-state index in [4.69, 9.17) is 10.5 Å². The van der Waals surface area contributed by atoms with E-state index in [0.717, 1.165) is 6.42 Å². The van der Waals surface area contributed by atoms with Gasteiger partial charge in [-0.05, 0) is 24.5 Å². The Morgan fingerprint density at radius 1 is 1.38 bits per heavy atom. The average molecular weight is 389 g/mol. The first-order valence-corrected chi connectivity index (χ1v) is 9.01. The molecular weight excluding hydrogens is 370 g/mol. The largest absolute Gasteiger partial charge is 0.495 e. The molecule has 9 nitrogen and oxygen atoms in total. The van der Waals surface area contributed by atoms with Gasteiger partial charge in [0.05, 0.1) is 24.7 Å². The lowest BCUT2D eigenvalue weighted by molar-refractivity contribution is -0.125. The Morgan fingerprint density at radius 2 is 2.24 bits per heavy atom. The van der Waals surface area contributed by atoms with Crippen LogP contribution >= 0.6 is 0 Å². The van der Waals surface area contributed by atoms with Crippen LogP contribution in [0, 0.1) is 11.8 Å². The number of fused-ring (bicyclic) bond motifs is 1. The van der Waals surface area contributed by atoms with Gasteiger partial charge in [-0.1, -0.05) is 12.5 Å². The fraction of sp³-hybridized carbons (Fsp3) is 0.250. The van der Waals surface area contributed by atoms with Crippen LogP contribution in [0.3, 0.4) is 0 Å². The Hall–Kier alpha value is -3.93. The maximum absolute atomic E-state index is 11.9. The minimum absolute atomic E-state index is 0.0234. The number of nitrogens with zero attached hydrogens (tertiary/aromatic N) is 6. The summed E-state index contributed by atoms with van der Waals surface area (Å²) in [6, 6.07) is 1.76. The first-order chi connectivity index (χ1) is 14.1. The number of rotatable bonds is 3. The number of amides is 1.